The van der Waals surface area contributed by atoms with E-state index in [2.05, 4.69) is 60.7 Å². The second kappa shape index (κ2) is 10.7. The van der Waals surface area contributed by atoms with Gasteiger partial charge in [-0.05, 0) is 71.8 Å². The molecule has 238 valence electrons. The molecular formula is C45H25N3O3. The molecule has 0 saturated carbocycles. The zero-order chi connectivity index (χ0) is 33.5. The fourth-order valence-corrected chi connectivity index (χ4v) is 7.22. The minimum absolute atomic E-state index is 0.562. The van der Waals surface area contributed by atoms with Crippen LogP contribution in [0.3, 0.4) is 0 Å². The quantitative estimate of drug-likeness (QED) is 0.188. The van der Waals surface area contributed by atoms with E-state index in [0.717, 1.165) is 93.6 Å². The summed E-state index contributed by atoms with van der Waals surface area (Å²) >= 11 is 0. The highest BCUT2D eigenvalue weighted by Gasteiger charge is 2.17. The molecule has 51 heavy (non-hydrogen) atoms. The van der Waals surface area contributed by atoms with E-state index in [4.69, 9.17) is 28.2 Å². The summed E-state index contributed by atoms with van der Waals surface area (Å²) in [4.78, 5) is 14.9. The van der Waals surface area contributed by atoms with E-state index < -0.39 is 0 Å². The Labute approximate surface area is 290 Å². The Morgan fingerprint density at radius 3 is 1.22 bits per heavy atom. The maximum atomic E-state index is 6.43. The fourth-order valence-electron chi connectivity index (χ4n) is 7.22. The van der Waals surface area contributed by atoms with E-state index in [-0.39, 0.29) is 0 Å². The van der Waals surface area contributed by atoms with E-state index in [1.165, 1.54) is 0 Å². The summed E-state index contributed by atoms with van der Waals surface area (Å²) in [5.74, 6) is 1.72. The largest absolute Gasteiger partial charge is 0.456 e. The fraction of sp³-hybridized carbons (Fsp3) is 0. The highest BCUT2D eigenvalue weighted by Crippen LogP contribution is 2.38. The average Bonchev–Trinajstić information content (AvgIpc) is 3.88. The van der Waals surface area contributed by atoms with E-state index in [1.807, 2.05) is 91.0 Å². The number of benzene rings is 7. The number of nitrogens with zero attached hydrogens (tertiary/aromatic N) is 3. The van der Waals surface area contributed by atoms with Gasteiger partial charge < -0.3 is 13.3 Å². The lowest BCUT2D eigenvalue weighted by Gasteiger charge is -2.08. The van der Waals surface area contributed by atoms with E-state index in [9.17, 15) is 0 Å². The number of furan rings is 3. The molecule has 0 fully saturated rings. The summed E-state index contributed by atoms with van der Waals surface area (Å²) in [7, 11) is 0. The van der Waals surface area contributed by atoms with Crippen LogP contribution in [0, 0.1) is 0 Å². The summed E-state index contributed by atoms with van der Waals surface area (Å²) in [5, 5.41) is 6.43. The maximum absolute atomic E-state index is 6.43. The predicted molar refractivity (Wildman–Crippen MR) is 203 cm³/mol. The molecule has 11 aromatic rings. The van der Waals surface area contributed by atoms with Crippen molar-refractivity contribution in [1.82, 2.24) is 15.0 Å². The Kier molecular flexibility index (Phi) is 5.86. The van der Waals surface area contributed by atoms with Gasteiger partial charge in [-0.25, -0.2) is 15.0 Å². The number of hydrogen-bond donors (Lipinski definition) is 0. The van der Waals surface area contributed by atoms with Crippen LogP contribution in [-0.2, 0) is 0 Å². The number of rotatable bonds is 4. The molecule has 11 rings (SSSR count). The molecule has 7 aromatic carbocycles. The van der Waals surface area contributed by atoms with Gasteiger partial charge in [-0.3, -0.25) is 0 Å². The van der Waals surface area contributed by atoms with E-state index in [1.54, 1.807) is 0 Å². The molecule has 4 aromatic heterocycles. The second-order valence-corrected chi connectivity index (χ2v) is 12.8. The van der Waals surface area contributed by atoms with Crippen molar-refractivity contribution in [3.8, 4) is 45.3 Å². The average molecular weight is 656 g/mol. The van der Waals surface area contributed by atoms with Crippen LogP contribution < -0.4 is 0 Å². The van der Waals surface area contributed by atoms with Gasteiger partial charge in [0.1, 0.15) is 33.5 Å². The van der Waals surface area contributed by atoms with Gasteiger partial charge in [-0.1, -0.05) is 91.0 Å². The Morgan fingerprint density at radius 2 is 0.647 bits per heavy atom. The maximum Gasteiger partial charge on any atom is 0.164 e. The summed E-state index contributed by atoms with van der Waals surface area (Å²) < 4.78 is 18.7. The van der Waals surface area contributed by atoms with Crippen LogP contribution in [0.25, 0.3) is 111 Å². The van der Waals surface area contributed by atoms with Gasteiger partial charge in [0.2, 0.25) is 0 Å². The normalized spacial score (nSPS) is 11.9. The molecule has 0 atom stereocenters. The highest BCUT2D eigenvalue weighted by molar-refractivity contribution is 6.09. The van der Waals surface area contributed by atoms with Crippen LogP contribution in [0.5, 0.6) is 0 Å². The zero-order valence-corrected chi connectivity index (χ0v) is 27.0. The Balaban J connectivity index is 1.02. The van der Waals surface area contributed by atoms with Crippen LogP contribution in [0.4, 0.5) is 0 Å². The first-order valence-electron chi connectivity index (χ1n) is 16.8. The minimum Gasteiger partial charge on any atom is -0.456 e. The smallest absolute Gasteiger partial charge is 0.164 e. The standard InChI is InChI=1S/C45H25N3O3/c1-2-8-26(9-3-1)43-46-44(29-14-18-33-31-10-4-6-12-37(31)50-41(33)24-29)48-45(47-43)30-15-19-34-36-23-28(17-21-40(36)51-42(34)25-30)27-16-20-39-35(22-27)32-11-5-7-13-38(32)49-39/h1-25H. The van der Waals surface area contributed by atoms with Crippen molar-refractivity contribution < 1.29 is 13.3 Å². The number of para-hydroxylation sites is 2. The van der Waals surface area contributed by atoms with E-state index in [0.29, 0.717) is 17.5 Å². The summed E-state index contributed by atoms with van der Waals surface area (Å²) in [6.07, 6.45) is 0. The summed E-state index contributed by atoms with van der Waals surface area (Å²) in [5.41, 5.74) is 9.83. The molecule has 0 bridgehead atoms. The summed E-state index contributed by atoms with van der Waals surface area (Å²) in [6, 6.07) is 51.3. The van der Waals surface area contributed by atoms with Crippen molar-refractivity contribution in [3.05, 3.63) is 152 Å². The Hall–Kier alpha value is -7.05. The molecule has 0 aliphatic carbocycles. The lowest BCUT2D eigenvalue weighted by Crippen LogP contribution is -2.00. The monoisotopic (exact) mass is 655 g/mol. The van der Waals surface area contributed by atoms with Crippen LogP contribution in [0.15, 0.2) is 165 Å². The van der Waals surface area contributed by atoms with Crippen molar-refractivity contribution in [1.29, 1.82) is 0 Å². The molecule has 0 aliphatic rings. The molecule has 0 spiro atoms. The number of fused-ring (bicyclic) bond motifs is 9. The third-order valence-electron chi connectivity index (χ3n) is 9.74. The number of aromatic nitrogens is 3. The first-order chi connectivity index (χ1) is 25.2. The van der Waals surface area contributed by atoms with Crippen LogP contribution >= 0.6 is 0 Å². The van der Waals surface area contributed by atoms with Crippen molar-refractivity contribution >= 4 is 65.8 Å². The van der Waals surface area contributed by atoms with E-state index >= 15 is 0 Å². The van der Waals surface area contributed by atoms with Gasteiger partial charge in [0.25, 0.3) is 0 Å². The molecule has 0 aliphatic heterocycles. The van der Waals surface area contributed by atoms with Gasteiger partial charge in [0.05, 0.1) is 0 Å². The lowest BCUT2D eigenvalue weighted by atomic mass is 10.0. The first kappa shape index (κ1) is 27.9. The third-order valence-corrected chi connectivity index (χ3v) is 9.74. The van der Waals surface area contributed by atoms with Gasteiger partial charge in [0.15, 0.2) is 17.5 Å². The molecule has 0 saturated heterocycles. The van der Waals surface area contributed by atoms with Crippen molar-refractivity contribution in [2.75, 3.05) is 0 Å². The van der Waals surface area contributed by atoms with Crippen LogP contribution in [-0.4, -0.2) is 15.0 Å². The van der Waals surface area contributed by atoms with Crippen molar-refractivity contribution in [2.45, 2.75) is 0 Å². The molecule has 0 N–H and O–H groups in total. The van der Waals surface area contributed by atoms with Gasteiger partial charge in [-0.15, -0.1) is 0 Å². The Bertz CT molecular complexity index is 3150. The second-order valence-electron chi connectivity index (χ2n) is 12.8. The predicted octanol–water partition coefficient (Wildman–Crippen LogP) is 12.2. The highest BCUT2D eigenvalue weighted by atomic mass is 16.3. The van der Waals surface area contributed by atoms with Crippen LogP contribution in [0.1, 0.15) is 0 Å². The third kappa shape index (κ3) is 4.47. The molecule has 6 nitrogen and oxygen atoms in total. The minimum atomic E-state index is 0.562. The lowest BCUT2D eigenvalue weighted by molar-refractivity contribution is 0.668. The van der Waals surface area contributed by atoms with Gasteiger partial charge >= 0.3 is 0 Å². The topological polar surface area (TPSA) is 78.1 Å². The molecule has 6 heteroatoms. The first-order valence-corrected chi connectivity index (χ1v) is 16.8. The molecular weight excluding hydrogens is 631 g/mol. The molecule has 4 heterocycles. The molecule has 0 amide bonds. The van der Waals surface area contributed by atoms with Gasteiger partial charge in [-0.2, -0.15) is 0 Å². The van der Waals surface area contributed by atoms with Crippen LogP contribution in [0.2, 0.25) is 0 Å². The Morgan fingerprint density at radius 1 is 0.255 bits per heavy atom. The number of hydrogen-bond acceptors (Lipinski definition) is 6. The van der Waals surface area contributed by atoms with Crippen molar-refractivity contribution in [2.24, 2.45) is 0 Å². The SMILES string of the molecule is c1ccc(-c2nc(-c3ccc4c(c3)oc3ccccc34)nc(-c3ccc4c(c3)oc3ccc(-c5ccc6oc7ccccc7c6c5)cc34)n2)cc1. The van der Waals surface area contributed by atoms with Gasteiger partial charge in [0, 0.05) is 49.0 Å². The summed E-state index contributed by atoms with van der Waals surface area (Å²) in [6.45, 7) is 0. The molecule has 0 unspecified atom stereocenters. The molecule has 0 radical (unpaired) electrons. The zero-order valence-electron chi connectivity index (χ0n) is 27.0. The van der Waals surface area contributed by atoms with Crippen molar-refractivity contribution in [3.63, 3.8) is 0 Å².